The molecule has 2 aromatic rings. The van der Waals surface area contributed by atoms with Crippen LogP contribution >= 0.6 is 0 Å². The van der Waals surface area contributed by atoms with Crippen LogP contribution in [0.25, 0.3) is 0 Å². The lowest BCUT2D eigenvalue weighted by Crippen LogP contribution is -2.32. The molecule has 1 atom stereocenters. The molecule has 1 aromatic heterocycles. The predicted molar refractivity (Wildman–Crippen MR) is 57.2 cm³/mol. The minimum atomic E-state index is -3.37. The second-order valence-electron chi connectivity index (χ2n) is 3.89. The fourth-order valence-electron chi connectivity index (χ4n) is 1.60. The van der Waals surface area contributed by atoms with Crippen molar-refractivity contribution in [2.45, 2.75) is 12.2 Å². The molecule has 0 spiro atoms. The van der Waals surface area contributed by atoms with Gasteiger partial charge in [0.25, 0.3) is 0 Å². The van der Waals surface area contributed by atoms with Gasteiger partial charge in [-0.05, 0) is 5.56 Å². The van der Waals surface area contributed by atoms with Crippen molar-refractivity contribution in [3.05, 3.63) is 54.6 Å². The molecule has 0 unspecified atom stereocenters. The van der Waals surface area contributed by atoms with Gasteiger partial charge in [0.15, 0.2) is 6.10 Å². The van der Waals surface area contributed by atoms with Gasteiger partial charge in [-0.25, -0.2) is 4.57 Å². The van der Waals surface area contributed by atoms with E-state index in [1.165, 1.54) is 35.4 Å². The molecular formula is C12H13F2N2O+. The molecular weight excluding hydrogens is 226 g/mol. The van der Waals surface area contributed by atoms with Gasteiger partial charge in [-0.15, -0.1) is 0 Å². The number of aryl methyl sites for hydroxylation is 1. The number of halogens is 2. The summed E-state index contributed by atoms with van der Waals surface area (Å²) >= 11 is 0. The minimum Gasteiger partial charge on any atom is -0.378 e. The molecule has 0 fully saturated rings. The number of alkyl halides is 2. The van der Waals surface area contributed by atoms with Crippen LogP contribution in [0.2, 0.25) is 0 Å². The van der Waals surface area contributed by atoms with Crippen LogP contribution in [0.3, 0.4) is 0 Å². The third-order valence-electron chi connectivity index (χ3n) is 2.56. The molecule has 1 N–H and O–H groups in total. The van der Waals surface area contributed by atoms with Crippen molar-refractivity contribution < 1.29 is 18.5 Å². The number of imidazole rings is 1. The van der Waals surface area contributed by atoms with E-state index in [1.807, 2.05) is 0 Å². The Morgan fingerprint density at radius 2 is 1.94 bits per heavy atom. The lowest BCUT2D eigenvalue weighted by Gasteiger charge is -2.19. The summed E-state index contributed by atoms with van der Waals surface area (Å²) in [5.41, 5.74) is 0.189. The molecule has 0 aliphatic heterocycles. The molecule has 2 rings (SSSR count). The predicted octanol–water partition coefficient (Wildman–Crippen LogP) is 1.60. The number of hydrogen-bond donors (Lipinski definition) is 1. The first kappa shape index (κ1) is 11.7. The molecule has 1 heterocycles. The average Bonchev–Trinajstić information content (AvgIpc) is 2.77. The highest BCUT2D eigenvalue weighted by atomic mass is 19.3. The fraction of sp³-hybridized carbons (Fsp3) is 0.250. The van der Waals surface area contributed by atoms with E-state index in [-0.39, 0.29) is 5.56 Å². The van der Waals surface area contributed by atoms with Gasteiger partial charge in [0.1, 0.15) is 12.4 Å². The topological polar surface area (TPSA) is 29.0 Å². The first-order valence-electron chi connectivity index (χ1n) is 5.16. The third kappa shape index (κ3) is 2.19. The Kier molecular flexibility index (Phi) is 2.93. The SMILES string of the molecule is C[n+]1ccn(C(F)(F)[C@H](O)c2ccccc2)c1. The number of nitrogens with zero attached hydrogens (tertiary/aromatic N) is 2. The van der Waals surface area contributed by atoms with Crippen molar-refractivity contribution >= 4 is 0 Å². The van der Waals surface area contributed by atoms with Gasteiger partial charge in [-0.3, -0.25) is 0 Å². The Morgan fingerprint density at radius 1 is 1.29 bits per heavy atom. The summed E-state index contributed by atoms with van der Waals surface area (Å²) in [7, 11) is 1.64. The quantitative estimate of drug-likeness (QED) is 0.810. The van der Waals surface area contributed by atoms with Crippen LogP contribution in [0.15, 0.2) is 49.1 Å². The van der Waals surface area contributed by atoms with Gasteiger partial charge in [-0.2, -0.15) is 13.3 Å². The number of rotatable bonds is 3. The maximum atomic E-state index is 13.9. The van der Waals surface area contributed by atoms with E-state index >= 15 is 0 Å². The summed E-state index contributed by atoms with van der Waals surface area (Å²) in [5, 5.41) is 9.73. The summed E-state index contributed by atoms with van der Waals surface area (Å²) in [6.45, 7) is 0. The molecule has 0 radical (unpaired) electrons. The monoisotopic (exact) mass is 239 g/mol. The number of aliphatic hydroxyl groups excluding tert-OH is 1. The van der Waals surface area contributed by atoms with Gasteiger partial charge in [0.2, 0.25) is 6.33 Å². The Hall–Kier alpha value is -1.75. The largest absolute Gasteiger partial charge is 0.427 e. The van der Waals surface area contributed by atoms with Crippen molar-refractivity contribution in [2.75, 3.05) is 0 Å². The summed E-state index contributed by atoms with van der Waals surface area (Å²) in [5.74, 6) is 0. The molecule has 0 aliphatic rings. The second-order valence-corrected chi connectivity index (χ2v) is 3.89. The smallest absolute Gasteiger partial charge is 0.378 e. The highest BCUT2D eigenvalue weighted by Crippen LogP contribution is 2.35. The molecule has 90 valence electrons. The van der Waals surface area contributed by atoms with Crippen LogP contribution in [0, 0.1) is 0 Å². The Morgan fingerprint density at radius 3 is 2.47 bits per heavy atom. The molecule has 0 saturated carbocycles. The van der Waals surface area contributed by atoms with E-state index in [2.05, 4.69) is 0 Å². The van der Waals surface area contributed by atoms with E-state index in [4.69, 9.17) is 0 Å². The Labute approximate surface area is 97.6 Å². The number of benzene rings is 1. The van der Waals surface area contributed by atoms with Crippen LogP contribution in [0.1, 0.15) is 11.7 Å². The normalized spacial score (nSPS) is 13.6. The minimum absolute atomic E-state index is 0.189. The highest BCUT2D eigenvalue weighted by molar-refractivity contribution is 5.18. The maximum absolute atomic E-state index is 13.9. The van der Waals surface area contributed by atoms with E-state index in [1.54, 1.807) is 25.2 Å². The van der Waals surface area contributed by atoms with Gasteiger partial charge in [0.05, 0.1) is 7.05 Å². The molecule has 3 nitrogen and oxygen atoms in total. The summed E-state index contributed by atoms with van der Waals surface area (Å²) < 4.78 is 30.1. The number of hydrogen-bond acceptors (Lipinski definition) is 1. The van der Waals surface area contributed by atoms with E-state index < -0.39 is 12.2 Å². The van der Waals surface area contributed by atoms with Gasteiger partial charge < -0.3 is 5.11 Å². The molecule has 0 saturated heterocycles. The molecule has 5 heteroatoms. The van der Waals surface area contributed by atoms with Crippen molar-refractivity contribution in [1.82, 2.24) is 4.57 Å². The molecule has 0 aliphatic carbocycles. The van der Waals surface area contributed by atoms with Crippen LogP contribution in [0.4, 0.5) is 8.78 Å². The van der Waals surface area contributed by atoms with Crippen molar-refractivity contribution in [3.8, 4) is 0 Å². The summed E-state index contributed by atoms with van der Waals surface area (Å²) in [6.07, 6.45) is 2.08. The molecule has 1 aromatic carbocycles. The highest BCUT2D eigenvalue weighted by Gasteiger charge is 2.46. The zero-order valence-electron chi connectivity index (χ0n) is 9.29. The lowest BCUT2D eigenvalue weighted by molar-refractivity contribution is -0.671. The van der Waals surface area contributed by atoms with Crippen LogP contribution in [0.5, 0.6) is 0 Å². The average molecular weight is 239 g/mol. The lowest BCUT2D eigenvalue weighted by atomic mass is 10.1. The van der Waals surface area contributed by atoms with Gasteiger partial charge >= 0.3 is 6.05 Å². The fourth-order valence-corrected chi connectivity index (χ4v) is 1.60. The van der Waals surface area contributed by atoms with E-state index in [0.29, 0.717) is 4.57 Å². The third-order valence-corrected chi connectivity index (χ3v) is 2.56. The Balaban J connectivity index is 2.33. The van der Waals surface area contributed by atoms with Gasteiger partial charge in [-0.1, -0.05) is 30.3 Å². The second kappa shape index (κ2) is 4.25. The van der Waals surface area contributed by atoms with Crippen LogP contribution in [-0.2, 0) is 13.1 Å². The maximum Gasteiger partial charge on any atom is 0.427 e. The standard InChI is InChI=1S/C12H13F2N2O/c1-15-7-8-16(9-15)12(13,14)11(17)10-5-3-2-4-6-10/h2-9,11,17H,1H3/q+1/t11-/m1/s1. The van der Waals surface area contributed by atoms with Crippen LogP contribution in [-0.4, -0.2) is 9.67 Å². The van der Waals surface area contributed by atoms with E-state index in [9.17, 15) is 13.9 Å². The first-order valence-corrected chi connectivity index (χ1v) is 5.16. The van der Waals surface area contributed by atoms with Crippen molar-refractivity contribution in [3.63, 3.8) is 0 Å². The number of aliphatic hydroxyl groups is 1. The van der Waals surface area contributed by atoms with E-state index in [0.717, 1.165) is 0 Å². The molecule has 0 amide bonds. The Bertz CT molecular complexity index is 496. The van der Waals surface area contributed by atoms with Crippen molar-refractivity contribution in [1.29, 1.82) is 0 Å². The van der Waals surface area contributed by atoms with Gasteiger partial charge in [0, 0.05) is 0 Å². The molecule has 17 heavy (non-hydrogen) atoms. The summed E-state index contributed by atoms with van der Waals surface area (Å²) in [6, 6.07) is 4.52. The zero-order valence-corrected chi connectivity index (χ0v) is 9.29. The number of aromatic nitrogens is 2. The first-order chi connectivity index (χ1) is 8.01. The molecule has 0 bridgehead atoms. The zero-order chi connectivity index (χ0) is 12.5. The summed E-state index contributed by atoms with van der Waals surface area (Å²) in [4.78, 5) is 0. The van der Waals surface area contributed by atoms with Crippen molar-refractivity contribution in [2.24, 2.45) is 7.05 Å². The van der Waals surface area contributed by atoms with Crippen LogP contribution < -0.4 is 4.57 Å².